The standard InChI is InChI=1S/C35H45F6NO3S/c36-28-16-14-26(15-17-28)31-13-5-9-27-25-30(43)18-19-32(27)33(31)12-3-1-2-4-21-42-22-6-10-29(42)11-7-23-46(44,45)24-8-20-34(37,38)35(39,40)41/h14-19,25,29,43H,1-13,20-24H2/t29-/m1/s1. The van der Waals surface area contributed by atoms with E-state index in [1.165, 1.54) is 23.3 Å². The average molecular weight is 674 g/mol. The second-order valence-electron chi connectivity index (χ2n) is 12.8. The quantitative estimate of drug-likeness (QED) is 0.143. The maximum absolute atomic E-state index is 13.7. The maximum Gasteiger partial charge on any atom is 0.453 e. The van der Waals surface area contributed by atoms with Crippen LogP contribution in [0.5, 0.6) is 5.75 Å². The summed E-state index contributed by atoms with van der Waals surface area (Å²) in [6.07, 6.45) is 2.82. The Morgan fingerprint density at radius 2 is 1.57 bits per heavy atom. The van der Waals surface area contributed by atoms with Gasteiger partial charge in [0.05, 0.1) is 11.5 Å². The van der Waals surface area contributed by atoms with Crippen LogP contribution in [0.2, 0.25) is 0 Å². The number of fused-ring (bicyclic) bond motifs is 1. The highest BCUT2D eigenvalue weighted by Crippen LogP contribution is 2.40. The lowest BCUT2D eigenvalue weighted by atomic mass is 9.89. The molecule has 2 aromatic rings. The minimum atomic E-state index is -5.67. The number of benzene rings is 2. The third kappa shape index (κ3) is 10.2. The number of rotatable bonds is 16. The van der Waals surface area contributed by atoms with E-state index in [9.17, 15) is 39.9 Å². The second kappa shape index (κ2) is 16.0. The van der Waals surface area contributed by atoms with Crippen molar-refractivity contribution in [3.8, 4) is 5.75 Å². The van der Waals surface area contributed by atoms with Gasteiger partial charge in [-0.25, -0.2) is 12.8 Å². The summed E-state index contributed by atoms with van der Waals surface area (Å²) >= 11 is 0. The molecule has 1 saturated heterocycles. The van der Waals surface area contributed by atoms with Crippen LogP contribution in [0.1, 0.15) is 100 Å². The fourth-order valence-corrected chi connectivity index (χ4v) is 8.28. The van der Waals surface area contributed by atoms with Crippen molar-refractivity contribution in [2.24, 2.45) is 0 Å². The van der Waals surface area contributed by atoms with Gasteiger partial charge >= 0.3 is 12.1 Å². The molecule has 1 fully saturated rings. The van der Waals surface area contributed by atoms with Gasteiger partial charge in [0.1, 0.15) is 21.4 Å². The summed E-state index contributed by atoms with van der Waals surface area (Å²) in [6.45, 7) is 1.86. The lowest BCUT2D eigenvalue weighted by Crippen LogP contribution is -2.36. The number of allylic oxidation sites excluding steroid dienone is 2. The highest BCUT2D eigenvalue weighted by Gasteiger charge is 2.56. The van der Waals surface area contributed by atoms with E-state index in [1.54, 1.807) is 6.07 Å². The maximum atomic E-state index is 13.7. The number of phenols is 1. The Bertz CT molecular complexity index is 1420. The third-order valence-corrected chi connectivity index (χ3v) is 11.1. The fourth-order valence-electron chi connectivity index (χ4n) is 6.89. The highest BCUT2D eigenvalue weighted by atomic mass is 32.2. The summed E-state index contributed by atoms with van der Waals surface area (Å²) < 4.78 is 101. The molecule has 4 nitrogen and oxygen atoms in total. The lowest BCUT2D eigenvalue weighted by Gasteiger charge is -2.24. The van der Waals surface area contributed by atoms with Gasteiger partial charge in [0.15, 0.2) is 0 Å². The number of hydrogen-bond donors (Lipinski definition) is 1. The molecule has 1 heterocycles. The molecule has 2 aromatic carbocycles. The number of halogens is 6. The second-order valence-corrected chi connectivity index (χ2v) is 15.1. The molecular weight excluding hydrogens is 628 g/mol. The molecule has 0 radical (unpaired) electrons. The van der Waals surface area contributed by atoms with Crippen LogP contribution in [-0.4, -0.2) is 61.2 Å². The zero-order valence-corrected chi connectivity index (χ0v) is 27.1. The number of phenolic OH excluding ortho intramolecular Hbond substituents is 1. The van der Waals surface area contributed by atoms with Crippen molar-refractivity contribution in [1.29, 1.82) is 0 Å². The Morgan fingerprint density at radius 1 is 0.848 bits per heavy atom. The van der Waals surface area contributed by atoms with Gasteiger partial charge in [0.25, 0.3) is 0 Å². The fraction of sp³-hybridized carbons (Fsp3) is 0.600. The summed E-state index contributed by atoms with van der Waals surface area (Å²) in [5.41, 5.74) is 5.85. The third-order valence-electron chi connectivity index (χ3n) is 9.32. The molecule has 0 spiro atoms. The molecule has 1 atom stereocenters. The van der Waals surface area contributed by atoms with Crippen molar-refractivity contribution in [2.75, 3.05) is 24.6 Å². The van der Waals surface area contributed by atoms with E-state index < -0.39 is 40.5 Å². The highest BCUT2D eigenvalue weighted by molar-refractivity contribution is 7.91. The first-order valence-electron chi connectivity index (χ1n) is 16.4. The van der Waals surface area contributed by atoms with Crippen molar-refractivity contribution in [3.63, 3.8) is 0 Å². The average Bonchev–Trinajstić information content (AvgIpc) is 3.34. The molecule has 11 heteroatoms. The van der Waals surface area contributed by atoms with Gasteiger partial charge in [-0.15, -0.1) is 0 Å². The largest absolute Gasteiger partial charge is 0.508 e. The Labute approximate surface area is 268 Å². The summed E-state index contributed by atoms with van der Waals surface area (Å²) in [7, 11) is -3.69. The number of hydrogen-bond acceptors (Lipinski definition) is 4. The first-order valence-corrected chi connectivity index (χ1v) is 18.3. The summed E-state index contributed by atoms with van der Waals surface area (Å²) in [6, 6.07) is 12.5. The topological polar surface area (TPSA) is 57.6 Å². The van der Waals surface area contributed by atoms with Crippen LogP contribution in [0.4, 0.5) is 26.3 Å². The first-order chi connectivity index (χ1) is 21.8. The molecule has 1 aliphatic carbocycles. The molecule has 256 valence electrons. The van der Waals surface area contributed by atoms with Crippen LogP contribution < -0.4 is 0 Å². The predicted molar refractivity (Wildman–Crippen MR) is 170 cm³/mol. The molecular formula is C35H45F6NO3S. The zero-order valence-electron chi connectivity index (χ0n) is 26.2. The number of sulfone groups is 1. The van der Waals surface area contributed by atoms with E-state index in [2.05, 4.69) is 4.90 Å². The Morgan fingerprint density at radius 3 is 2.30 bits per heavy atom. The summed E-state index contributed by atoms with van der Waals surface area (Å²) in [5, 5.41) is 10.1. The van der Waals surface area contributed by atoms with Crippen molar-refractivity contribution >= 4 is 21.0 Å². The van der Waals surface area contributed by atoms with Crippen molar-refractivity contribution < 1.29 is 39.9 Å². The number of aromatic hydroxyl groups is 1. The predicted octanol–water partition coefficient (Wildman–Crippen LogP) is 9.37. The molecule has 1 N–H and O–H groups in total. The zero-order chi connectivity index (χ0) is 33.4. The molecule has 2 aliphatic rings. The Balaban J connectivity index is 1.22. The molecule has 4 rings (SSSR count). The SMILES string of the molecule is O=S(=O)(CCC[C@H]1CCCN1CCCCCCC1=C(c2ccc(F)cc2)CCCc2cc(O)ccc21)CCCC(F)(F)C(F)(F)F. The smallest absolute Gasteiger partial charge is 0.453 e. The van der Waals surface area contributed by atoms with E-state index in [1.807, 2.05) is 24.3 Å². The number of unbranched alkanes of at least 4 members (excludes halogenated alkanes) is 3. The number of nitrogens with zero attached hydrogens (tertiary/aromatic N) is 1. The van der Waals surface area contributed by atoms with Gasteiger partial charge in [0, 0.05) is 12.5 Å². The Kier molecular flexibility index (Phi) is 12.7. The molecule has 0 amide bonds. The van der Waals surface area contributed by atoms with Gasteiger partial charge in [-0.1, -0.05) is 31.0 Å². The first kappa shape index (κ1) is 36.3. The summed E-state index contributed by atoms with van der Waals surface area (Å²) in [4.78, 5) is 2.39. The van der Waals surface area contributed by atoms with Crippen LogP contribution in [0.25, 0.3) is 11.1 Å². The lowest BCUT2D eigenvalue weighted by molar-refractivity contribution is -0.284. The van der Waals surface area contributed by atoms with Crippen LogP contribution >= 0.6 is 0 Å². The molecule has 0 saturated carbocycles. The van der Waals surface area contributed by atoms with E-state index in [0.717, 1.165) is 94.0 Å². The van der Waals surface area contributed by atoms with Crippen LogP contribution in [-0.2, 0) is 16.3 Å². The van der Waals surface area contributed by atoms with Crippen molar-refractivity contribution in [1.82, 2.24) is 4.90 Å². The molecule has 0 unspecified atom stereocenters. The van der Waals surface area contributed by atoms with Crippen molar-refractivity contribution in [3.05, 3.63) is 65.0 Å². The monoisotopic (exact) mass is 673 g/mol. The van der Waals surface area contributed by atoms with Crippen molar-refractivity contribution in [2.45, 2.75) is 108 Å². The van der Waals surface area contributed by atoms with E-state index >= 15 is 0 Å². The number of aryl methyl sites for hydroxylation is 1. The molecule has 0 aromatic heterocycles. The number of alkyl halides is 5. The molecule has 0 bridgehead atoms. The van der Waals surface area contributed by atoms with Gasteiger partial charge in [-0.2, -0.15) is 22.0 Å². The van der Waals surface area contributed by atoms with Gasteiger partial charge in [-0.05, 0) is 136 Å². The van der Waals surface area contributed by atoms with Gasteiger partial charge in [0.2, 0.25) is 0 Å². The molecule has 46 heavy (non-hydrogen) atoms. The van der Waals surface area contributed by atoms with Gasteiger partial charge < -0.3 is 10.0 Å². The summed E-state index contributed by atoms with van der Waals surface area (Å²) in [5.74, 6) is -5.74. The van der Waals surface area contributed by atoms with E-state index in [-0.39, 0.29) is 23.4 Å². The minimum absolute atomic E-state index is 0.201. The number of likely N-dealkylation sites (tertiary alicyclic amines) is 1. The van der Waals surface area contributed by atoms with Gasteiger partial charge in [-0.3, -0.25) is 0 Å². The van der Waals surface area contributed by atoms with Crippen LogP contribution in [0, 0.1) is 5.82 Å². The van der Waals surface area contributed by atoms with Crippen LogP contribution in [0.15, 0.2) is 42.5 Å². The Hall–Kier alpha value is -2.53. The van der Waals surface area contributed by atoms with E-state index in [4.69, 9.17) is 0 Å². The van der Waals surface area contributed by atoms with Crippen LogP contribution in [0.3, 0.4) is 0 Å². The normalized spacial score (nSPS) is 18.2. The minimum Gasteiger partial charge on any atom is -0.508 e. The molecule has 1 aliphatic heterocycles. The van der Waals surface area contributed by atoms with E-state index in [0.29, 0.717) is 12.8 Å².